The fourth-order valence-electron chi connectivity index (χ4n) is 3.14. The molecule has 30 heavy (non-hydrogen) atoms. The molecule has 2 unspecified atom stereocenters. The van der Waals surface area contributed by atoms with Crippen LogP contribution in [0.3, 0.4) is 0 Å². The molecule has 0 aromatic heterocycles. The van der Waals surface area contributed by atoms with Crippen molar-refractivity contribution in [2.75, 3.05) is 0 Å². The van der Waals surface area contributed by atoms with E-state index < -0.39 is 53.1 Å². The lowest BCUT2D eigenvalue weighted by atomic mass is 9.97. The molecule has 2 aromatic rings. The maximum Gasteiger partial charge on any atom is 0.416 e. The molecule has 162 valence electrons. The van der Waals surface area contributed by atoms with E-state index in [-0.39, 0.29) is 17.6 Å². The smallest absolute Gasteiger partial charge is 0.416 e. The van der Waals surface area contributed by atoms with Crippen molar-refractivity contribution in [2.24, 2.45) is 0 Å². The zero-order valence-corrected chi connectivity index (χ0v) is 15.9. The van der Waals surface area contributed by atoms with Crippen molar-refractivity contribution < 1.29 is 40.3 Å². The molecule has 1 heterocycles. The molecule has 1 amide bonds. The number of benzene rings is 2. The monoisotopic (exact) mass is 455 g/mol. The first kappa shape index (κ1) is 22.2. The van der Waals surface area contributed by atoms with Crippen molar-refractivity contribution in [1.82, 2.24) is 4.90 Å². The summed E-state index contributed by atoms with van der Waals surface area (Å²) >= 11 is 5.93. The largest absolute Gasteiger partial charge is 0.439 e. The van der Waals surface area contributed by atoms with Gasteiger partial charge in [-0.15, -0.1) is 0 Å². The van der Waals surface area contributed by atoms with E-state index in [1.54, 1.807) is 0 Å². The molecule has 0 aliphatic carbocycles. The number of amides is 1. The lowest BCUT2D eigenvalue weighted by Gasteiger charge is -2.22. The zero-order chi connectivity index (χ0) is 22.4. The highest BCUT2D eigenvalue weighted by Gasteiger charge is 2.43. The Kier molecular flexibility index (Phi) is 5.66. The summed E-state index contributed by atoms with van der Waals surface area (Å²) in [5.74, 6) is -0.609. The molecule has 0 N–H and O–H groups in total. The van der Waals surface area contributed by atoms with Gasteiger partial charge in [0.05, 0.1) is 23.7 Å². The van der Waals surface area contributed by atoms with Gasteiger partial charge in [0.25, 0.3) is 0 Å². The number of alkyl halides is 6. The maximum atomic E-state index is 13.2. The van der Waals surface area contributed by atoms with Crippen LogP contribution in [0, 0.1) is 5.82 Å². The van der Waals surface area contributed by atoms with Crippen molar-refractivity contribution in [3.8, 4) is 0 Å². The fraction of sp³-hybridized carbons (Fsp3) is 0.316. The van der Waals surface area contributed by atoms with Crippen molar-refractivity contribution in [3.63, 3.8) is 0 Å². The Morgan fingerprint density at radius 3 is 2.07 bits per heavy atom. The number of hydrogen-bond donors (Lipinski definition) is 0. The van der Waals surface area contributed by atoms with Gasteiger partial charge in [-0.2, -0.15) is 26.3 Å². The summed E-state index contributed by atoms with van der Waals surface area (Å²) in [6.45, 7) is 1.25. The molecule has 0 radical (unpaired) electrons. The number of halogens is 8. The van der Waals surface area contributed by atoms with E-state index in [9.17, 15) is 35.5 Å². The first-order chi connectivity index (χ1) is 13.8. The third-order valence-corrected chi connectivity index (χ3v) is 5.04. The Labute approximate surface area is 171 Å². The van der Waals surface area contributed by atoms with Crippen LogP contribution in [-0.2, 0) is 23.6 Å². The number of rotatable bonds is 3. The third kappa shape index (κ3) is 4.48. The molecule has 0 spiro atoms. The van der Waals surface area contributed by atoms with Gasteiger partial charge >= 0.3 is 18.4 Å². The molecule has 2 atom stereocenters. The summed E-state index contributed by atoms with van der Waals surface area (Å²) in [4.78, 5) is 13.4. The first-order valence-corrected chi connectivity index (χ1v) is 8.85. The van der Waals surface area contributed by atoms with Crippen LogP contribution in [0.4, 0.5) is 35.5 Å². The Hall–Kier alpha value is -2.49. The van der Waals surface area contributed by atoms with Crippen molar-refractivity contribution >= 4 is 17.7 Å². The van der Waals surface area contributed by atoms with Crippen LogP contribution >= 0.6 is 11.6 Å². The van der Waals surface area contributed by atoms with E-state index in [0.29, 0.717) is 17.7 Å². The number of hydrogen-bond acceptors (Lipinski definition) is 2. The first-order valence-electron chi connectivity index (χ1n) is 8.48. The van der Waals surface area contributed by atoms with Gasteiger partial charge in [0.2, 0.25) is 0 Å². The van der Waals surface area contributed by atoms with Crippen LogP contribution in [0.25, 0.3) is 0 Å². The molecule has 11 heteroatoms. The van der Waals surface area contributed by atoms with Crippen LogP contribution in [-0.4, -0.2) is 17.0 Å². The highest BCUT2D eigenvalue weighted by Crippen LogP contribution is 2.41. The zero-order valence-electron chi connectivity index (χ0n) is 15.1. The molecule has 0 saturated carbocycles. The molecule has 3 nitrogen and oxygen atoms in total. The summed E-state index contributed by atoms with van der Waals surface area (Å²) < 4.78 is 96.9. The van der Waals surface area contributed by atoms with E-state index in [2.05, 4.69) is 0 Å². The Morgan fingerprint density at radius 1 is 1.00 bits per heavy atom. The van der Waals surface area contributed by atoms with E-state index in [4.69, 9.17) is 16.3 Å². The predicted molar refractivity (Wildman–Crippen MR) is 92.1 cm³/mol. The summed E-state index contributed by atoms with van der Waals surface area (Å²) in [5, 5.41) is 0.0110. The van der Waals surface area contributed by atoms with Gasteiger partial charge < -0.3 is 4.74 Å². The van der Waals surface area contributed by atoms with Crippen molar-refractivity contribution in [1.29, 1.82) is 0 Å². The maximum absolute atomic E-state index is 13.2. The van der Waals surface area contributed by atoms with E-state index in [0.717, 1.165) is 17.0 Å². The summed E-state index contributed by atoms with van der Waals surface area (Å²) in [6, 6.07) is 3.58. The van der Waals surface area contributed by atoms with Gasteiger partial charge in [0.1, 0.15) is 11.9 Å². The number of carbonyl (C=O) groups excluding carboxylic acids is 1. The lowest BCUT2D eigenvalue weighted by Crippen LogP contribution is -2.31. The van der Waals surface area contributed by atoms with Gasteiger partial charge in [-0.3, -0.25) is 4.90 Å². The quantitative estimate of drug-likeness (QED) is 0.488. The molecule has 1 saturated heterocycles. The Bertz CT molecular complexity index is 942. The minimum Gasteiger partial charge on any atom is -0.439 e. The van der Waals surface area contributed by atoms with Gasteiger partial charge in [-0.1, -0.05) is 17.7 Å². The SMILES string of the molecule is CC1C(c2cc(C(F)(F)F)cc(C(F)(F)F)c2)OC(=O)N1Cc1ccc(F)cc1Cl. The van der Waals surface area contributed by atoms with Crippen LogP contribution < -0.4 is 0 Å². The van der Waals surface area contributed by atoms with Gasteiger partial charge in [-0.25, -0.2) is 9.18 Å². The van der Waals surface area contributed by atoms with Crippen molar-refractivity contribution in [2.45, 2.75) is 38.0 Å². The minimum absolute atomic E-state index is 0.000989. The number of carbonyl (C=O) groups is 1. The molecule has 2 aromatic carbocycles. The number of nitrogens with zero attached hydrogens (tertiary/aromatic N) is 1. The number of ether oxygens (including phenoxy) is 1. The second-order valence-corrected chi connectivity index (χ2v) is 7.16. The average molecular weight is 456 g/mol. The van der Waals surface area contributed by atoms with E-state index in [1.165, 1.54) is 13.0 Å². The van der Waals surface area contributed by atoms with Crippen LogP contribution in [0.2, 0.25) is 5.02 Å². The molecule has 1 aliphatic heterocycles. The van der Waals surface area contributed by atoms with Gasteiger partial charge in [0.15, 0.2) is 0 Å². The molecule has 3 rings (SSSR count). The minimum atomic E-state index is -5.02. The highest BCUT2D eigenvalue weighted by atomic mass is 35.5. The van der Waals surface area contributed by atoms with Gasteiger partial charge in [0, 0.05) is 5.02 Å². The van der Waals surface area contributed by atoms with Crippen LogP contribution in [0.5, 0.6) is 0 Å². The molecule has 1 fully saturated rings. The topological polar surface area (TPSA) is 29.5 Å². The molecular formula is C19H13ClF7NO2. The second kappa shape index (κ2) is 7.64. The highest BCUT2D eigenvalue weighted by molar-refractivity contribution is 6.31. The Morgan fingerprint density at radius 2 is 1.57 bits per heavy atom. The molecule has 1 aliphatic rings. The molecule has 0 bridgehead atoms. The standard InChI is InChI=1S/C19H13ClF7NO2/c1-9-16(11-4-12(18(22,23)24)6-13(5-11)19(25,26)27)30-17(29)28(9)8-10-2-3-14(21)7-15(10)20/h2-7,9,16H,8H2,1H3. The van der Waals surface area contributed by atoms with E-state index in [1.807, 2.05) is 0 Å². The van der Waals surface area contributed by atoms with Crippen LogP contribution in [0.1, 0.15) is 35.3 Å². The fourth-order valence-corrected chi connectivity index (χ4v) is 3.36. The molecular weight excluding hydrogens is 443 g/mol. The van der Waals surface area contributed by atoms with E-state index >= 15 is 0 Å². The predicted octanol–water partition coefficient (Wildman–Crippen LogP) is 6.60. The van der Waals surface area contributed by atoms with Gasteiger partial charge in [-0.05, 0) is 48.4 Å². The Balaban J connectivity index is 1.95. The lowest BCUT2D eigenvalue weighted by molar-refractivity contribution is -0.143. The average Bonchev–Trinajstić information content (AvgIpc) is 2.90. The summed E-state index contributed by atoms with van der Waals surface area (Å²) in [7, 11) is 0. The van der Waals surface area contributed by atoms with Crippen LogP contribution in [0.15, 0.2) is 36.4 Å². The number of cyclic esters (lactones) is 1. The normalized spacial score (nSPS) is 19.9. The summed E-state index contributed by atoms with van der Waals surface area (Å²) in [6.07, 6.45) is -12.4. The third-order valence-electron chi connectivity index (χ3n) is 4.69. The second-order valence-electron chi connectivity index (χ2n) is 6.75. The summed E-state index contributed by atoms with van der Waals surface area (Å²) in [5.41, 5.74) is -3.11. The van der Waals surface area contributed by atoms with Crippen molar-refractivity contribution in [3.05, 3.63) is 69.5 Å².